The quantitative estimate of drug-likeness (QED) is 0.351. The third kappa shape index (κ3) is 5.06. The Morgan fingerprint density at radius 1 is 1.04 bits per heavy atom. The molecule has 3 nitrogen and oxygen atoms in total. The molecule has 23 heavy (non-hydrogen) atoms. The minimum atomic E-state index is -0.548. The van der Waals surface area contributed by atoms with Crippen molar-refractivity contribution in [1.29, 1.82) is 0 Å². The van der Waals surface area contributed by atoms with Crippen molar-refractivity contribution in [3.63, 3.8) is 0 Å². The molecule has 120 valence electrons. The van der Waals surface area contributed by atoms with E-state index in [1.165, 1.54) is 0 Å². The molecule has 0 bridgehead atoms. The van der Waals surface area contributed by atoms with Gasteiger partial charge in [0.15, 0.2) is 5.78 Å². The molecule has 0 radical (unpaired) electrons. The van der Waals surface area contributed by atoms with Crippen LogP contribution < -0.4 is 0 Å². The molecular formula is C17H13BrCl2O3. The Labute approximate surface area is 152 Å². The van der Waals surface area contributed by atoms with Gasteiger partial charge in [-0.25, -0.2) is 4.79 Å². The van der Waals surface area contributed by atoms with Gasteiger partial charge in [0.1, 0.15) is 0 Å². The number of ether oxygens (including phenoxy) is 1. The third-order valence-corrected chi connectivity index (χ3v) is 4.47. The molecule has 0 spiro atoms. The molecule has 0 atom stereocenters. The number of halogens is 3. The molecule has 0 N–H and O–H groups in total. The summed E-state index contributed by atoms with van der Waals surface area (Å²) in [5, 5.41) is 0.469. The lowest BCUT2D eigenvalue weighted by molar-refractivity contribution is 0.0494. The van der Waals surface area contributed by atoms with Gasteiger partial charge in [-0.1, -0.05) is 57.3 Å². The maximum absolute atomic E-state index is 12.0. The molecule has 0 unspecified atom stereocenters. The van der Waals surface area contributed by atoms with E-state index in [1.807, 2.05) is 12.1 Å². The van der Waals surface area contributed by atoms with Crippen molar-refractivity contribution in [2.45, 2.75) is 12.8 Å². The summed E-state index contributed by atoms with van der Waals surface area (Å²) in [4.78, 5) is 23.9. The van der Waals surface area contributed by atoms with Gasteiger partial charge in [-0.2, -0.15) is 0 Å². The maximum Gasteiger partial charge on any atom is 0.339 e. The van der Waals surface area contributed by atoms with Gasteiger partial charge >= 0.3 is 5.97 Å². The molecule has 0 aromatic heterocycles. The molecule has 0 saturated heterocycles. The largest absolute Gasteiger partial charge is 0.462 e. The van der Waals surface area contributed by atoms with E-state index < -0.39 is 5.97 Å². The van der Waals surface area contributed by atoms with Crippen molar-refractivity contribution >= 4 is 50.9 Å². The Balaban J connectivity index is 1.81. The second kappa shape index (κ2) is 8.48. The van der Waals surface area contributed by atoms with Gasteiger partial charge in [0, 0.05) is 16.5 Å². The molecular weight excluding hydrogens is 403 g/mol. The van der Waals surface area contributed by atoms with Gasteiger partial charge in [0.2, 0.25) is 0 Å². The van der Waals surface area contributed by atoms with E-state index in [0.29, 0.717) is 23.4 Å². The van der Waals surface area contributed by atoms with Crippen LogP contribution in [0.1, 0.15) is 33.6 Å². The summed E-state index contributed by atoms with van der Waals surface area (Å²) in [6, 6.07) is 11.9. The SMILES string of the molecule is O=C(CCCOC(=O)c1cccc(Cl)c1Cl)c1ccc(Br)cc1. The maximum atomic E-state index is 12.0. The van der Waals surface area contributed by atoms with Crippen molar-refractivity contribution in [3.05, 3.63) is 68.1 Å². The highest BCUT2D eigenvalue weighted by Crippen LogP contribution is 2.26. The molecule has 2 aromatic rings. The monoisotopic (exact) mass is 414 g/mol. The number of esters is 1. The van der Waals surface area contributed by atoms with E-state index in [4.69, 9.17) is 27.9 Å². The molecule has 0 aliphatic carbocycles. The van der Waals surface area contributed by atoms with Gasteiger partial charge in [0.25, 0.3) is 0 Å². The summed E-state index contributed by atoms with van der Waals surface area (Å²) in [6.07, 6.45) is 0.747. The van der Waals surface area contributed by atoms with Crippen molar-refractivity contribution in [2.75, 3.05) is 6.61 Å². The van der Waals surface area contributed by atoms with Gasteiger partial charge in [-0.3, -0.25) is 4.79 Å². The number of benzene rings is 2. The zero-order valence-electron chi connectivity index (χ0n) is 12.0. The third-order valence-electron chi connectivity index (χ3n) is 3.12. The molecule has 0 heterocycles. The molecule has 0 amide bonds. The topological polar surface area (TPSA) is 43.4 Å². The zero-order chi connectivity index (χ0) is 16.8. The van der Waals surface area contributed by atoms with Crippen LogP contribution >= 0.6 is 39.1 Å². The Kier molecular flexibility index (Phi) is 6.63. The average Bonchev–Trinajstić information content (AvgIpc) is 2.54. The highest BCUT2D eigenvalue weighted by molar-refractivity contribution is 9.10. The normalized spacial score (nSPS) is 10.4. The summed E-state index contributed by atoms with van der Waals surface area (Å²) in [5.74, 6) is -0.539. The summed E-state index contributed by atoms with van der Waals surface area (Å²) >= 11 is 15.1. The zero-order valence-corrected chi connectivity index (χ0v) is 15.1. The fourth-order valence-electron chi connectivity index (χ4n) is 1.92. The minimum Gasteiger partial charge on any atom is -0.462 e. The lowest BCUT2D eigenvalue weighted by Crippen LogP contribution is -2.09. The van der Waals surface area contributed by atoms with Crippen LogP contribution in [0.4, 0.5) is 0 Å². The summed E-state index contributed by atoms with van der Waals surface area (Å²) < 4.78 is 6.05. The van der Waals surface area contributed by atoms with Gasteiger partial charge in [-0.15, -0.1) is 0 Å². The van der Waals surface area contributed by atoms with Gasteiger partial charge in [-0.05, 0) is 30.7 Å². The van der Waals surface area contributed by atoms with Crippen LogP contribution in [0.2, 0.25) is 10.0 Å². The van der Waals surface area contributed by atoms with Gasteiger partial charge in [0.05, 0.1) is 22.2 Å². The summed E-state index contributed by atoms with van der Waals surface area (Å²) in [6.45, 7) is 0.143. The Bertz CT molecular complexity index is 714. The number of rotatable bonds is 6. The number of hydrogen-bond donors (Lipinski definition) is 0. The first kappa shape index (κ1) is 18.0. The molecule has 0 aliphatic heterocycles. The highest BCUT2D eigenvalue weighted by Gasteiger charge is 2.14. The smallest absolute Gasteiger partial charge is 0.339 e. The number of ketones is 1. The predicted molar refractivity (Wildman–Crippen MR) is 94.5 cm³/mol. The molecule has 0 saturated carbocycles. The van der Waals surface area contributed by atoms with Crippen LogP contribution in [0.25, 0.3) is 0 Å². The Hall–Kier alpha value is -1.36. The van der Waals surface area contributed by atoms with Crippen LogP contribution in [-0.4, -0.2) is 18.4 Å². The minimum absolute atomic E-state index is 0.00865. The van der Waals surface area contributed by atoms with E-state index in [9.17, 15) is 9.59 Å². The fraction of sp³-hybridized carbons (Fsp3) is 0.176. The first-order valence-corrected chi connectivity index (χ1v) is 8.44. The van der Waals surface area contributed by atoms with Crippen LogP contribution in [-0.2, 0) is 4.74 Å². The standard InChI is InChI=1S/C17H13BrCl2O3/c18-12-8-6-11(7-9-12)15(21)5-2-10-23-17(22)13-3-1-4-14(19)16(13)20/h1,3-4,6-9H,2,5,10H2. The van der Waals surface area contributed by atoms with Crippen LogP contribution in [0.5, 0.6) is 0 Å². The summed E-state index contributed by atoms with van der Waals surface area (Å²) in [5.41, 5.74) is 0.857. The lowest BCUT2D eigenvalue weighted by atomic mass is 10.1. The number of carbonyl (C=O) groups is 2. The Morgan fingerprint density at radius 3 is 2.43 bits per heavy atom. The lowest BCUT2D eigenvalue weighted by Gasteiger charge is -2.07. The van der Waals surface area contributed by atoms with Crippen LogP contribution in [0, 0.1) is 0 Å². The van der Waals surface area contributed by atoms with Crippen LogP contribution in [0.15, 0.2) is 46.9 Å². The number of carbonyl (C=O) groups excluding carboxylic acids is 2. The van der Waals surface area contributed by atoms with Crippen LogP contribution in [0.3, 0.4) is 0 Å². The van der Waals surface area contributed by atoms with E-state index in [2.05, 4.69) is 15.9 Å². The average molecular weight is 416 g/mol. The van der Waals surface area contributed by atoms with E-state index in [1.54, 1.807) is 30.3 Å². The fourth-order valence-corrected chi connectivity index (χ4v) is 2.56. The first-order valence-electron chi connectivity index (χ1n) is 6.89. The van der Waals surface area contributed by atoms with Crippen molar-refractivity contribution in [2.24, 2.45) is 0 Å². The Morgan fingerprint density at radius 2 is 1.74 bits per heavy atom. The highest BCUT2D eigenvalue weighted by atomic mass is 79.9. The molecule has 2 aromatic carbocycles. The molecule has 0 aliphatic rings. The van der Waals surface area contributed by atoms with Crippen molar-refractivity contribution < 1.29 is 14.3 Å². The van der Waals surface area contributed by atoms with Crippen molar-refractivity contribution in [3.8, 4) is 0 Å². The molecule has 2 rings (SSSR count). The molecule has 6 heteroatoms. The molecule has 0 fully saturated rings. The number of Topliss-reactive ketones (excluding diaryl/α,β-unsaturated/α-hetero) is 1. The summed E-state index contributed by atoms with van der Waals surface area (Å²) in [7, 11) is 0. The van der Waals surface area contributed by atoms with E-state index in [-0.39, 0.29) is 23.0 Å². The van der Waals surface area contributed by atoms with Gasteiger partial charge < -0.3 is 4.74 Å². The second-order valence-electron chi connectivity index (χ2n) is 4.77. The predicted octanol–water partition coefficient (Wildman–Crippen LogP) is 5.58. The number of hydrogen-bond acceptors (Lipinski definition) is 3. The van der Waals surface area contributed by atoms with Crippen molar-refractivity contribution in [1.82, 2.24) is 0 Å². The first-order chi connectivity index (χ1) is 11.0. The van der Waals surface area contributed by atoms with E-state index in [0.717, 1.165) is 4.47 Å². The van der Waals surface area contributed by atoms with E-state index >= 15 is 0 Å². The second-order valence-corrected chi connectivity index (χ2v) is 6.47.